The van der Waals surface area contributed by atoms with Crippen molar-refractivity contribution in [1.82, 2.24) is 10.6 Å². The molecule has 0 aromatic heterocycles. The van der Waals surface area contributed by atoms with E-state index in [9.17, 15) is 18.7 Å². The highest BCUT2D eigenvalue weighted by molar-refractivity contribution is 5.75. The van der Waals surface area contributed by atoms with Gasteiger partial charge in [0.15, 0.2) is 0 Å². The maximum atomic E-state index is 13.7. The van der Waals surface area contributed by atoms with E-state index in [0.29, 0.717) is 12.8 Å². The summed E-state index contributed by atoms with van der Waals surface area (Å²) in [5.41, 5.74) is 0.0468. The minimum atomic E-state index is -0.572. The molecule has 6 heteroatoms. The topological polar surface area (TPSA) is 61.4 Å². The lowest BCUT2D eigenvalue weighted by Gasteiger charge is -2.28. The van der Waals surface area contributed by atoms with Crippen LogP contribution in [-0.2, 0) is 0 Å². The molecule has 3 N–H and O–H groups in total. The van der Waals surface area contributed by atoms with Crippen LogP contribution < -0.4 is 10.6 Å². The third kappa shape index (κ3) is 3.21. The smallest absolute Gasteiger partial charge is 0.315 e. The van der Waals surface area contributed by atoms with Gasteiger partial charge in [0.1, 0.15) is 11.6 Å². The molecular formula is C16H20F2N2O2. The van der Waals surface area contributed by atoms with E-state index >= 15 is 0 Å². The van der Waals surface area contributed by atoms with E-state index in [4.69, 9.17) is 0 Å². The summed E-state index contributed by atoms with van der Waals surface area (Å²) in [6.45, 7) is 0. The van der Waals surface area contributed by atoms with Gasteiger partial charge >= 0.3 is 6.03 Å². The molecule has 4 nitrogen and oxygen atoms in total. The number of aliphatic hydroxyl groups is 1. The number of amides is 2. The van der Waals surface area contributed by atoms with Crippen molar-refractivity contribution in [2.45, 2.75) is 56.2 Å². The van der Waals surface area contributed by atoms with E-state index in [2.05, 4.69) is 10.6 Å². The summed E-state index contributed by atoms with van der Waals surface area (Å²) in [5, 5.41) is 15.3. The Morgan fingerprint density at radius 1 is 1.09 bits per heavy atom. The fraction of sp³-hybridized carbons (Fsp3) is 0.562. The Morgan fingerprint density at radius 3 is 2.41 bits per heavy atom. The molecule has 0 saturated heterocycles. The quantitative estimate of drug-likeness (QED) is 0.803. The van der Waals surface area contributed by atoms with Crippen molar-refractivity contribution in [1.29, 1.82) is 0 Å². The van der Waals surface area contributed by atoms with E-state index < -0.39 is 17.7 Å². The van der Waals surface area contributed by atoms with Crippen LogP contribution in [0.2, 0.25) is 0 Å². The lowest BCUT2D eigenvalue weighted by atomic mass is 9.93. The highest BCUT2D eigenvalue weighted by atomic mass is 19.1. The van der Waals surface area contributed by atoms with Crippen molar-refractivity contribution in [2.24, 2.45) is 0 Å². The number of urea groups is 1. The number of carbonyl (C=O) groups excluding carboxylic acids is 1. The number of hydrogen-bond donors (Lipinski definition) is 3. The second-order valence-electron chi connectivity index (χ2n) is 6.16. The summed E-state index contributed by atoms with van der Waals surface area (Å²) in [4.78, 5) is 11.9. The molecule has 3 rings (SSSR count). The van der Waals surface area contributed by atoms with Crippen LogP contribution in [0.4, 0.5) is 13.6 Å². The van der Waals surface area contributed by atoms with Crippen molar-refractivity contribution in [3.8, 4) is 0 Å². The summed E-state index contributed by atoms with van der Waals surface area (Å²) in [7, 11) is 0. The van der Waals surface area contributed by atoms with Crippen LogP contribution in [-0.4, -0.2) is 29.3 Å². The largest absolute Gasteiger partial charge is 0.391 e. The summed E-state index contributed by atoms with van der Waals surface area (Å²) in [6.07, 6.45) is 3.41. The monoisotopic (exact) mass is 310 g/mol. The van der Waals surface area contributed by atoms with Crippen molar-refractivity contribution >= 4 is 6.03 Å². The third-order valence-corrected chi connectivity index (χ3v) is 4.52. The number of hydrogen-bond acceptors (Lipinski definition) is 2. The van der Waals surface area contributed by atoms with Crippen LogP contribution in [0.25, 0.3) is 0 Å². The van der Waals surface area contributed by atoms with Crippen LogP contribution >= 0.6 is 0 Å². The molecule has 0 heterocycles. The summed E-state index contributed by atoms with van der Waals surface area (Å²) >= 11 is 0. The number of nitrogens with one attached hydrogen (secondary N) is 2. The molecule has 120 valence electrons. The molecule has 2 fully saturated rings. The second-order valence-corrected chi connectivity index (χ2v) is 6.16. The lowest BCUT2D eigenvalue weighted by Crippen LogP contribution is -2.49. The van der Waals surface area contributed by atoms with E-state index in [1.807, 2.05) is 0 Å². The van der Waals surface area contributed by atoms with Crippen molar-refractivity contribution in [3.63, 3.8) is 0 Å². The van der Waals surface area contributed by atoms with E-state index in [-0.39, 0.29) is 29.6 Å². The first-order valence-electron chi connectivity index (χ1n) is 7.75. The zero-order valence-corrected chi connectivity index (χ0v) is 12.2. The molecule has 2 aliphatic rings. The maximum Gasteiger partial charge on any atom is 0.315 e. The van der Waals surface area contributed by atoms with Gasteiger partial charge in [-0.2, -0.15) is 0 Å². The molecule has 22 heavy (non-hydrogen) atoms. The Hall–Kier alpha value is -1.69. The van der Waals surface area contributed by atoms with Gasteiger partial charge in [-0.05, 0) is 31.4 Å². The molecule has 0 radical (unpaired) electrons. The maximum absolute atomic E-state index is 13.7. The van der Waals surface area contributed by atoms with Crippen LogP contribution in [0.5, 0.6) is 0 Å². The summed E-state index contributed by atoms with van der Waals surface area (Å²) in [5.74, 6) is -1.46. The molecule has 4 atom stereocenters. The molecule has 2 amide bonds. The third-order valence-electron chi connectivity index (χ3n) is 4.52. The predicted molar refractivity (Wildman–Crippen MR) is 77.4 cm³/mol. The fourth-order valence-electron chi connectivity index (χ4n) is 3.20. The standard InChI is InChI=1S/C16H20F2N2O2/c17-10-4-3-5-11(18)15(10)9-8-13(9)20-16(22)19-12-6-1-2-7-14(12)21/h3-5,9,12-14,21H,1-2,6-8H2,(H2,19,20,22). The number of benzene rings is 1. The van der Waals surface area contributed by atoms with E-state index in [1.54, 1.807) is 0 Å². The van der Waals surface area contributed by atoms with Gasteiger partial charge in [-0.1, -0.05) is 18.9 Å². The van der Waals surface area contributed by atoms with Gasteiger partial charge in [-0.25, -0.2) is 13.6 Å². The normalized spacial score (nSPS) is 30.7. The van der Waals surface area contributed by atoms with Gasteiger partial charge in [0.2, 0.25) is 0 Å². The highest BCUT2D eigenvalue weighted by Gasteiger charge is 2.43. The Bertz CT molecular complexity index is 547. The van der Waals surface area contributed by atoms with Crippen LogP contribution in [0.1, 0.15) is 43.6 Å². The lowest BCUT2D eigenvalue weighted by molar-refractivity contribution is 0.0943. The first-order valence-corrected chi connectivity index (χ1v) is 7.75. The SMILES string of the molecule is O=C(NC1CCCCC1O)NC1CC1c1c(F)cccc1F. The average Bonchev–Trinajstić information content (AvgIpc) is 3.20. The number of carbonyl (C=O) groups is 1. The van der Waals surface area contributed by atoms with Gasteiger partial charge in [0.25, 0.3) is 0 Å². The van der Waals surface area contributed by atoms with Gasteiger partial charge in [-0.15, -0.1) is 0 Å². The molecule has 2 aliphatic carbocycles. The highest BCUT2D eigenvalue weighted by Crippen LogP contribution is 2.43. The molecule has 2 saturated carbocycles. The van der Waals surface area contributed by atoms with Gasteiger partial charge in [0, 0.05) is 17.5 Å². The average molecular weight is 310 g/mol. The number of halogens is 2. The van der Waals surface area contributed by atoms with Crippen LogP contribution in [0.15, 0.2) is 18.2 Å². The first kappa shape index (κ1) is 15.2. The number of rotatable bonds is 3. The Balaban J connectivity index is 1.54. The molecule has 1 aromatic carbocycles. The van der Waals surface area contributed by atoms with Gasteiger partial charge < -0.3 is 15.7 Å². The minimum absolute atomic E-state index is 0.0468. The van der Waals surface area contributed by atoms with Crippen molar-refractivity contribution in [3.05, 3.63) is 35.4 Å². The summed E-state index contributed by atoms with van der Waals surface area (Å²) in [6, 6.07) is 2.91. The fourth-order valence-corrected chi connectivity index (χ4v) is 3.20. The van der Waals surface area contributed by atoms with E-state index in [1.165, 1.54) is 18.2 Å². The van der Waals surface area contributed by atoms with Gasteiger partial charge in [0.05, 0.1) is 12.1 Å². The number of aliphatic hydroxyl groups excluding tert-OH is 1. The van der Waals surface area contributed by atoms with Crippen LogP contribution in [0.3, 0.4) is 0 Å². The molecule has 0 spiro atoms. The van der Waals surface area contributed by atoms with Crippen molar-refractivity contribution < 1.29 is 18.7 Å². The zero-order valence-electron chi connectivity index (χ0n) is 12.2. The summed E-state index contributed by atoms with van der Waals surface area (Å²) < 4.78 is 27.3. The van der Waals surface area contributed by atoms with Gasteiger partial charge in [-0.3, -0.25) is 0 Å². The first-order chi connectivity index (χ1) is 10.6. The Morgan fingerprint density at radius 2 is 1.73 bits per heavy atom. The minimum Gasteiger partial charge on any atom is -0.391 e. The molecule has 0 aliphatic heterocycles. The second kappa shape index (κ2) is 6.20. The van der Waals surface area contributed by atoms with Crippen molar-refractivity contribution in [2.75, 3.05) is 0 Å². The Kier molecular flexibility index (Phi) is 4.29. The van der Waals surface area contributed by atoms with Crippen LogP contribution in [0, 0.1) is 11.6 Å². The molecular weight excluding hydrogens is 290 g/mol. The zero-order chi connectivity index (χ0) is 15.7. The molecule has 0 bridgehead atoms. The molecule has 1 aromatic rings. The predicted octanol–water partition coefficient (Wildman–Crippen LogP) is 2.42. The van der Waals surface area contributed by atoms with E-state index in [0.717, 1.165) is 19.3 Å². The molecule has 4 unspecified atom stereocenters. The Labute approximate surface area is 127 Å².